The summed E-state index contributed by atoms with van der Waals surface area (Å²) in [5, 5.41) is 16.8. The predicted octanol–water partition coefficient (Wildman–Crippen LogP) is 3.59. The normalized spacial score (nSPS) is 11.2. The van der Waals surface area contributed by atoms with E-state index in [0.717, 1.165) is 83.5 Å². The van der Waals surface area contributed by atoms with Crippen molar-refractivity contribution in [3.63, 3.8) is 0 Å². The molecule has 0 saturated heterocycles. The van der Waals surface area contributed by atoms with Crippen LogP contribution in [0.1, 0.15) is 90.4 Å². The van der Waals surface area contributed by atoms with E-state index in [1.54, 1.807) is 12.5 Å². The Morgan fingerprint density at radius 2 is 1.29 bits per heavy atom. The largest absolute Gasteiger partial charge is 0.428 e. The fourth-order valence-corrected chi connectivity index (χ4v) is 3.57. The Labute approximate surface area is 201 Å². The zero-order valence-electron chi connectivity index (χ0n) is 20.5. The molecule has 1 aromatic rings. The molecule has 0 N–H and O–H groups in total. The first-order valence-corrected chi connectivity index (χ1v) is 12.5. The third-order valence-corrected chi connectivity index (χ3v) is 5.49. The minimum absolute atomic E-state index is 0.0814. The minimum atomic E-state index is -0.655. The molecule has 1 aromatic heterocycles. The van der Waals surface area contributed by atoms with Gasteiger partial charge in [-0.05, 0) is 44.9 Å². The third-order valence-electron chi connectivity index (χ3n) is 5.49. The molecule has 0 unspecified atom stereocenters. The average Bonchev–Trinajstić information content (AvgIpc) is 2.83. The number of hydrogen-bond donors (Lipinski definition) is 0. The van der Waals surface area contributed by atoms with E-state index in [9.17, 15) is 9.59 Å². The molecule has 0 aliphatic rings. The third kappa shape index (κ3) is 12.3. The second-order valence-corrected chi connectivity index (χ2v) is 8.24. The summed E-state index contributed by atoms with van der Waals surface area (Å²) in [7, 11) is 0. The molecule has 0 saturated carbocycles. The molecular formula is C24H39N5O5. The number of nitrogens with zero attached hydrogens (tertiary/aromatic N) is 5. The van der Waals surface area contributed by atoms with Crippen LogP contribution in [0.3, 0.4) is 0 Å². The van der Waals surface area contributed by atoms with Gasteiger partial charge in [0, 0.05) is 19.6 Å². The van der Waals surface area contributed by atoms with E-state index in [0.29, 0.717) is 32.8 Å². The maximum absolute atomic E-state index is 13.1. The van der Waals surface area contributed by atoms with Crippen LogP contribution in [0.5, 0.6) is 0 Å². The Hall–Kier alpha value is -3.01. The summed E-state index contributed by atoms with van der Waals surface area (Å²) >= 11 is 0. The second-order valence-electron chi connectivity index (χ2n) is 8.24. The fraction of sp³-hybridized carbons (Fsp3) is 0.792. The molecule has 0 amide bonds. The predicted molar refractivity (Wildman–Crippen MR) is 126 cm³/mol. The van der Waals surface area contributed by atoms with E-state index < -0.39 is 5.76 Å². The molecule has 34 heavy (non-hydrogen) atoms. The van der Waals surface area contributed by atoms with Crippen LogP contribution < -0.4 is 17.1 Å². The first-order chi connectivity index (χ1) is 16.7. The Morgan fingerprint density at radius 3 is 1.88 bits per heavy atom. The van der Waals surface area contributed by atoms with Crippen LogP contribution in [0, 0.1) is 23.0 Å². The molecule has 0 aliphatic carbocycles. The van der Waals surface area contributed by atoms with Crippen molar-refractivity contribution in [3.8, 4) is 12.5 Å². The van der Waals surface area contributed by atoms with Gasteiger partial charge in [0.15, 0.2) is 0 Å². The van der Waals surface area contributed by atoms with Gasteiger partial charge in [-0.2, -0.15) is 10.5 Å². The molecule has 10 heteroatoms. The van der Waals surface area contributed by atoms with Gasteiger partial charge in [0.25, 0.3) is 12.5 Å². The van der Waals surface area contributed by atoms with Crippen molar-refractivity contribution in [2.75, 3.05) is 19.8 Å². The summed E-state index contributed by atoms with van der Waals surface area (Å²) in [5.74, 6) is -0.655. The first kappa shape index (κ1) is 29.0. The van der Waals surface area contributed by atoms with E-state index in [4.69, 9.17) is 14.9 Å². The topological polar surface area (TPSA) is 136 Å². The van der Waals surface area contributed by atoms with Crippen LogP contribution in [-0.2, 0) is 22.6 Å². The van der Waals surface area contributed by atoms with Crippen LogP contribution in [0.25, 0.3) is 0 Å². The zero-order chi connectivity index (χ0) is 24.9. The molecule has 10 nitrogen and oxygen atoms in total. The standard InChI is InChI=1S/C24H39N5O5/c1-2-3-4-6-12-17-29-23(30)28(16-11-7-9-14-19-33-21-26)22(34-24(29)31)27-15-10-5-8-13-18-32-20-25/h2-19H2,1H3. The number of nitriles is 2. The van der Waals surface area contributed by atoms with Crippen molar-refractivity contribution >= 4 is 0 Å². The van der Waals surface area contributed by atoms with Crippen LogP contribution in [0.4, 0.5) is 0 Å². The molecule has 0 aromatic carbocycles. The maximum Gasteiger partial charge on any atom is 0.425 e. The highest BCUT2D eigenvalue weighted by atomic mass is 16.5. The van der Waals surface area contributed by atoms with Gasteiger partial charge in [-0.15, -0.1) is 0 Å². The molecule has 0 aliphatic heterocycles. The summed E-state index contributed by atoms with van der Waals surface area (Å²) in [4.78, 5) is 30.0. The van der Waals surface area contributed by atoms with E-state index in [1.165, 1.54) is 9.13 Å². The van der Waals surface area contributed by atoms with Crippen molar-refractivity contribution in [2.24, 2.45) is 4.99 Å². The lowest BCUT2D eigenvalue weighted by molar-refractivity contribution is 0.258. The summed E-state index contributed by atoms with van der Waals surface area (Å²) in [6.07, 6.45) is 15.1. The van der Waals surface area contributed by atoms with Crippen molar-refractivity contribution < 1.29 is 13.9 Å². The monoisotopic (exact) mass is 477 g/mol. The highest BCUT2D eigenvalue weighted by molar-refractivity contribution is 4.71. The molecule has 0 atom stereocenters. The molecule has 0 spiro atoms. The van der Waals surface area contributed by atoms with Crippen LogP contribution in [0.15, 0.2) is 19.0 Å². The fourth-order valence-electron chi connectivity index (χ4n) is 3.57. The summed E-state index contributed by atoms with van der Waals surface area (Å²) in [6.45, 7) is 4.18. The van der Waals surface area contributed by atoms with Crippen molar-refractivity contribution in [1.82, 2.24) is 9.13 Å². The Morgan fingerprint density at radius 1 is 0.765 bits per heavy atom. The van der Waals surface area contributed by atoms with Gasteiger partial charge in [-0.1, -0.05) is 45.4 Å². The van der Waals surface area contributed by atoms with Gasteiger partial charge in [0.1, 0.15) is 13.2 Å². The van der Waals surface area contributed by atoms with Crippen molar-refractivity contribution in [3.05, 3.63) is 26.7 Å². The van der Waals surface area contributed by atoms with Gasteiger partial charge in [-0.3, -0.25) is 0 Å². The van der Waals surface area contributed by atoms with E-state index in [1.807, 2.05) is 0 Å². The molecule has 0 radical (unpaired) electrons. The first-order valence-electron chi connectivity index (χ1n) is 12.5. The van der Waals surface area contributed by atoms with Gasteiger partial charge in [0.05, 0.1) is 0 Å². The van der Waals surface area contributed by atoms with Gasteiger partial charge < -0.3 is 13.9 Å². The molecule has 1 heterocycles. The molecule has 0 bridgehead atoms. The van der Waals surface area contributed by atoms with E-state index in [2.05, 4.69) is 21.4 Å². The minimum Gasteiger partial charge on any atom is -0.428 e. The van der Waals surface area contributed by atoms with Crippen LogP contribution in [-0.4, -0.2) is 28.9 Å². The Bertz CT molecular complexity index is 935. The lowest BCUT2D eigenvalue weighted by Crippen LogP contribution is -2.47. The highest BCUT2D eigenvalue weighted by Gasteiger charge is 2.11. The lowest BCUT2D eigenvalue weighted by Gasteiger charge is -2.10. The SMILES string of the molecule is CCCCCCCn1c(=O)oc(=NCCCCCCOC#N)n(CCCCCCOC#N)c1=O. The maximum atomic E-state index is 13.1. The number of unbranched alkanes of at least 4 members (excludes halogenated alkanes) is 10. The van der Waals surface area contributed by atoms with E-state index in [-0.39, 0.29) is 11.4 Å². The van der Waals surface area contributed by atoms with Crippen LogP contribution >= 0.6 is 0 Å². The van der Waals surface area contributed by atoms with Crippen LogP contribution in [0.2, 0.25) is 0 Å². The lowest BCUT2D eigenvalue weighted by atomic mass is 10.1. The van der Waals surface area contributed by atoms with Gasteiger partial charge in [0.2, 0.25) is 0 Å². The Kier molecular flexibility index (Phi) is 16.6. The smallest absolute Gasteiger partial charge is 0.425 e. The number of hydrogen-bond acceptors (Lipinski definition) is 8. The van der Waals surface area contributed by atoms with E-state index >= 15 is 0 Å². The van der Waals surface area contributed by atoms with Crippen molar-refractivity contribution in [2.45, 2.75) is 103 Å². The summed E-state index contributed by atoms with van der Waals surface area (Å²) < 4.78 is 17.4. The average molecular weight is 478 g/mol. The number of aromatic nitrogens is 2. The molecule has 0 fully saturated rings. The molecule has 1 rings (SSSR count). The second kappa shape index (κ2) is 19.5. The number of rotatable bonds is 20. The Balaban J connectivity index is 2.80. The quantitative estimate of drug-likeness (QED) is 0.207. The van der Waals surface area contributed by atoms with Crippen molar-refractivity contribution in [1.29, 1.82) is 10.5 Å². The van der Waals surface area contributed by atoms with Gasteiger partial charge in [-0.25, -0.2) is 23.7 Å². The molecular weight excluding hydrogens is 438 g/mol. The number of ether oxygens (including phenoxy) is 2. The highest BCUT2D eigenvalue weighted by Crippen LogP contribution is 2.04. The molecule has 190 valence electrons. The van der Waals surface area contributed by atoms with Gasteiger partial charge >= 0.3 is 17.1 Å². The summed E-state index contributed by atoms with van der Waals surface area (Å²) in [5.41, 5.74) is -0.287. The summed E-state index contributed by atoms with van der Waals surface area (Å²) in [6, 6.07) is 0. The zero-order valence-corrected chi connectivity index (χ0v) is 20.5.